The van der Waals surface area contributed by atoms with Gasteiger partial charge in [0.1, 0.15) is 5.82 Å². The maximum absolute atomic E-state index is 13.8. The van der Waals surface area contributed by atoms with Gasteiger partial charge in [-0.25, -0.2) is 4.39 Å². The number of halogens is 1. The summed E-state index contributed by atoms with van der Waals surface area (Å²) in [7, 11) is 0. The summed E-state index contributed by atoms with van der Waals surface area (Å²) in [6.45, 7) is 6.45. The van der Waals surface area contributed by atoms with Crippen molar-refractivity contribution in [1.29, 1.82) is 0 Å². The smallest absolute Gasteiger partial charge is 0.188 e. The van der Waals surface area contributed by atoms with E-state index in [2.05, 4.69) is 20.1 Å². The highest BCUT2D eigenvalue weighted by Gasteiger charge is 2.19. The number of hydrogen-bond donors (Lipinski definition) is 2. The van der Waals surface area contributed by atoms with Crippen LogP contribution in [0, 0.1) is 11.7 Å². The minimum Gasteiger partial charge on any atom is -0.370 e. The number of para-hydroxylation sites is 1. The first-order valence-corrected chi connectivity index (χ1v) is 9.48. The number of rotatable bonds is 7. The fourth-order valence-corrected chi connectivity index (χ4v) is 3.40. The van der Waals surface area contributed by atoms with Gasteiger partial charge in [-0.3, -0.25) is 9.89 Å². The molecule has 1 heterocycles. The Morgan fingerprint density at radius 1 is 1.20 bits per heavy atom. The van der Waals surface area contributed by atoms with Gasteiger partial charge in [-0.1, -0.05) is 18.6 Å². The van der Waals surface area contributed by atoms with E-state index in [1.54, 1.807) is 6.07 Å². The van der Waals surface area contributed by atoms with E-state index >= 15 is 0 Å². The van der Waals surface area contributed by atoms with Crippen molar-refractivity contribution in [1.82, 2.24) is 10.2 Å². The van der Waals surface area contributed by atoms with Crippen molar-refractivity contribution in [2.75, 3.05) is 50.7 Å². The molecule has 2 aliphatic rings. The molecule has 0 radical (unpaired) electrons. The minimum atomic E-state index is -0.128. The van der Waals surface area contributed by atoms with E-state index in [1.807, 2.05) is 12.1 Å². The molecule has 1 aromatic rings. The van der Waals surface area contributed by atoms with Gasteiger partial charge in [0.15, 0.2) is 5.96 Å². The highest BCUT2D eigenvalue weighted by Crippen LogP contribution is 2.26. The zero-order valence-corrected chi connectivity index (χ0v) is 15.0. The Morgan fingerprint density at radius 3 is 2.64 bits per heavy atom. The molecular formula is C19H30FN5. The van der Waals surface area contributed by atoms with Gasteiger partial charge in [-0.2, -0.15) is 0 Å². The zero-order valence-electron chi connectivity index (χ0n) is 15.0. The second-order valence-electron chi connectivity index (χ2n) is 7.08. The van der Waals surface area contributed by atoms with Crippen molar-refractivity contribution >= 4 is 11.6 Å². The number of piperazine rings is 1. The lowest BCUT2D eigenvalue weighted by atomic mass is 9.86. The minimum absolute atomic E-state index is 0.128. The van der Waals surface area contributed by atoms with E-state index in [0.717, 1.165) is 63.8 Å². The summed E-state index contributed by atoms with van der Waals surface area (Å²) in [5.74, 6) is 1.21. The Balaban J connectivity index is 1.29. The van der Waals surface area contributed by atoms with Crippen LogP contribution in [0.4, 0.5) is 10.1 Å². The lowest BCUT2D eigenvalue weighted by Gasteiger charge is -2.36. The monoisotopic (exact) mass is 347 g/mol. The average molecular weight is 347 g/mol. The third-order valence-corrected chi connectivity index (χ3v) is 5.27. The van der Waals surface area contributed by atoms with E-state index < -0.39 is 0 Å². The van der Waals surface area contributed by atoms with Gasteiger partial charge in [0.25, 0.3) is 0 Å². The number of hydrogen-bond acceptors (Lipinski definition) is 3. The van der Waals surface area contributed by atoms with E-state index in [9.17, 15) is 4.39 Å². The Hall–Kier alpha value is -1.82. The Bertz CT molecular complexity index is 565. The first-order chi connectivity index (χ1) is 12.2. The van der Waals surface area contributed by atoms with E-state index in [0.29, 0.717) is 5.96 Å². The topological polar surface area (TPSA) is 56.9 Å². The molecule has 0 atom stereocenters. The van der Waals surface area contributed by atoms with Crippen LogP contribution in [0.2, 0.25) is 0 Å². The predicted molar refractivity (Wildman–Crippen MR) is 102 cm³/mol. The summed E-state index contributed by atoms with van der Waals surface area (Å²) in [6.07, 6.45) is 4.99. The number of aliphatic imine (C=N–C) groups is 1. The van der Waals surface area contributed by atoms with Gasteiger partial charge >= 0.3 is 0 Å². The van der Waals surface area contributed by atoms with Crippen molar-refractivity contribution in [3.05, 3.63) is 30.1 Å². The lowest BCUT2D eigenvalue weighted by Crippen LogP contribution is -2.47. The van der Waals surface area contributed by atoms with Crippen LogP contribution in [0.15, 0.2) is 29.3 Å². The molecule has 0 amide bonds. The van der Waals surface area contributed by atoms with Gasteiger partial charge in [0.05, 0.1) is 5.69 Å². The van der Waals surface area contributed by atoms with Crippen molar-refractivity contribution < 1.29 is 4.39 Å². The average Bonchev–Trinajstić information content (AvgIpc) is 2.58. The summed E-state index contributed by atoms with van der Waals surface area (Å²) in [4.78, 5) is 8.98. The maximum atomic E-state index is 13.8. The van der Waals surface area contributed by atoms with E-state index in [-0.39, 0.29) is 5.82 Å². The second-order valence-corrected chi connectivity index (χ2v) is 7.08. The molecule has 0 spiro atoms. The number of benzene rings is 1. The molecule has 1 aliphatic carbocycles. The maximum Gasteiger partial charge on any atom is 0.188 e. The van der Waals surface area contributed by atoms with Crippen molar-refractivity contribution in [2.24, 2.45) is 16.6 Å². The fraction of sp³-hybridized carbons (Fsp3) is 0.632. The summed E-state index contributed by atoms with van der Waals surface area (Å²) >= 11 is 0. The predicted octanol–water partition coefficient (Wildman–Crippen LogP) is 2.04. The third-order valence-electron chi connectivity index (χ3n) is 5.27. The molecule has 1 aliphatic heterocycles. The van der Waals surface area contributed by atoms with Crippen LogP contribution in [-0.2, 0) is 0 Å². The Labute approximate surface area is 150 Å². The molecule has 3 N–H and O–H groups in total. The molecule has 1 aromatic carbocycles. The molecule has 2 fully saturated rings. The Morgan fingerprint density at radius 2 is 1.96 bits per heavy atom. The van der Waals surface area contributed by atoms with Crippen LogP contribution in [0.5, 0.6) is 0 Å². The van der Waals surface area contributed by atoms with Gasteiger partial charge < -0.3 is 16.0 Å². The molecule has 0 bridgehead atoms. The number of nitrogens with one attached hydrogen (secondary N) is 1. The molecular weight excluding hydrogens is 317 g/mol. The molecule has 5 nitrogen and oxygen atoms in total. The van der Waals surface area contributed by atoms with E-state index in [1.165, 1.54) is 25.3 Å². The quantitative estimate of drug-likeness (QED) is 0.450. The normalized spacial score (nSPS) is 19.7. The third kappa shape index (κ3) is 5.33. The lowest BCUT2D eigenvalue weighted by molar-refractivity contribution is 0.254. The van der Waals surface area contributed by atoms with Crippen molar-refractivity contribution in [2.45, 2.75) is 25.7 Å². The van der Waals surface area contributed by atoms with Gasteiger partial charge in [0, 0.05) is 39.3 Å². The highest BCUT2D eigenvalue weighted by atomic mass is 19.1. The Kier molecular flexibility index (Phi) is 6.50. The van der Waals surface area contributed by atoms with Crippen LogP contribution < -0.4 is 16.0 Å². The number of nitrogens with zero attached hydrogens (tertiary/aromatic N) is 3. The van der Waals surface area contributed by atoms with Crippen LogP contribution in [0.3, 0.4) is 0 Å². The van der Waals surface area contributed by atoms with Crippen LogP contribution in [0.1, 0.15) is 25.7 Å². The van der Waals surface area contributed by atoms with E-state index in [4.69, 9.17) is 5.73 Å². The van der Waals surface area contributed by atoms with Gasteiger partial charge in [0.2, 0.25) is 0 Å². The molecule has 25 heavy (non-hydrogen) atoms. The molecule has 1 saturated carbocycles. The molecule has 0 unspecified atom stereocenters. The van der Waals surface area contributed by atoms with Crippen molar-refractivity contribution in [3.8, 4) is 0 Å². The molecule has 138 valence electrons. The largest absolute Gasteiger partial charge is 0.370 e. The summed E-state index contributed by atoms with van der Waals surface area (Å²) in [5.41, 5.74) is 6.62. The van der Waals surface area contributed by atoms with Gasteiger partial charge in [-0.05, 0) is 43.9 Å². The van der Waals surface area contributed by atoms with Crippen LogP contribution in [0.25, 0.3) is 0 Å². The fourth-order valence-electron chi connectivity index (χ4n) is 3.40. The van der Waals surface area contributed by atoms with Crippen LogP contribution in [-0.4, -0.2) is 56.7 Å². The first kappa shape index (κ1) is 18.0. The molecule has 0 aromatic heterocycles. The summed E-state index contributed by atoms with van der Waals surface area (Å²) < 4.78 is 13.8. The number of nitrogens with two attached hydrogens (primary N) is 1. The number of anilines is 1. The van der Waals surface area contributed by atoms with Gasteiger partial charge in [-0.15, -0.1) is 0 Å². The molecule has 6 heteroatoms. The second kappa shape index (κ2) is 9.04. The summed E-state index contributed by atoms with van der Waals surface area (Å²) in [6, 6.07) is 7.03. The SMILES string of the molecule is NC(=NCC1CCC1)NCCCN1CCN(c2ccccc2F)CC1. The molecule has 3 rings (SSSR count). The first-order valence-electron chi connectivity index (χ1n) is 9.48. The van der Waals surface area contributed by atoms with Crippen LogP contribution >= 0.6 is 0 Å². The number of guanidine groups is 1. The van der Waals surface area contributed by atoms with Crippen molar-refractivity contribution in [3.63, 3.8) is 0 Å². The molecule has 1 saturated heterocycles. The standard InChI is InChI=1S/C19H30FN5/c20-17-7-1-2-8-18(17)25-13-11-24(12-14-25)10-4-9-22-19(21)23-15-16-5-3-6-16/h1-2,7-8,16H,3-6,9-15H2,(H3,21,22,23). The summed E-state index contributed by atoms with van der Waals surface area (Å²) in [5, 5.41) is 3.21. The highest BCUT2D eigenvalue weighted by molar-refractivity contribution is 5.77. The zero-order chi connectivity index (χ0) is 17.5.